The van der Waals surface area contributed by atoms with Crippen LogP contribution in [-0.4, -0.2) is 12.6 Å². The zero-order valence-corrected chi connectivity index (χ0v) is 46.6. The summed E-state index contributed by atoms with van der Waals surface area (Å²) in [7, 11) is -3.50. The lowest BCUT2D eigenvalue weighted by Gasteiger charge is -2.48. The Bertz CT molecular complexity index is 5100. The molecule has 3 aliphatic rings. The normalized spacial score (nSPS) is 16.3. The van der Waals surface area contributed by atoms with E-state index in [9.17, 15) is 5.48 Å². The fourth-order valence-corrected chi connectivity index (χ4v) is 19.1. The van der Waals surface area contributed by atoms with E-state index in [1.807, 2.05) is 30.3 Å². The highest BCUT2D eigenvalue weighted by Gasteiger charge is 2.51. The Hall–Kier alpha value is -10.1. The number of aromatic nitrogens is 1. The molecule has 0 saturated heterocycles. The van der Waals surface area contributed by atoms with Gasteiger partial charge in [-0.2, -0.15) is 0 Å². The Balaban J connectivity index is 1.00. The molecular formula is C81H59NSi. The van der Waals surface area contributed by atoms with Crippen molar-refractivity contribution in [3.63, 3.8) is 0 Å². The average molecular weight is 1080 g/mol. The van der Waals surface area contributed by atoms with Gasteiger partial charge in [0.1, 0.15) is 0 Å². The minimum Gasteiger partial charge on any atom is -0.309 e. The van der Waals surface area contributed by atoms with E-state index in [4.69, 9.17) is 8.22 Å². The Labute approximate surface area is 501 Å². The van der Waals surface area contributed by atoms with Gasteiger partial charge in [-0.05, 0) is 135 Å². The van der Waals surface area contributed by atoms with Crippen LogP contribution < -0.4 is 15.6 Å². The second-order valence-corrected chi connectivity index (χ2v) is 25.3. The van der Waals surface area contributed by atoms with Gasteiger partial charge >= 0.3 is 0 Å². The molecule has 1 heterocycles. The maximum absolute atomic E-state index is 9.26. The second kappa shape index (κ2) is 20.8. The number of hydrogen-bond donors (Lipinski definition) is 0. The summed E-state index contributed by atoms with van der Waals surface area (Å²) in [6.07, 6.45) is 4.32. The third kappa shape index (κ3) is 8.12. The number of benzene rings is 12. The minimum atomic E-state index is -3.50. The van der Waals surface area contributed by atoms with Crippen molar-refractivity contribution < 1.29 is 13.7 Å². The molecule has 0 radical (unpaired) electrons. The lowest BCUT2D eigenvalue weighted by Crippen LogP contribution is -2.69. The summed E-state index contributed by atoms with van der Waals surface area (Å²) in [4.78, 5) is 0. The quantitative estimate of drug-likeness (QED) is 0.0653. The third-order valence-corrected chi connectivity index (χ3v) is 22.1. The van der Waals surface area contributed by atoms with Crippen molar-refractivity contribution in [3.05, 3.63) is 360 Å². The Morgan fingerprint density at radius 1 is 0.422 bits per heavy atom. The van der Waals surface area contributed by atoms with Gasteiger partial charge in [0.25, 0.3) is 0 Å². The molecule has 0 N–H and O–H groups in total. The third-order valence-electron chi connectivity index (χ3n) is 17.3. The first-order valence-electron chi connectivity index (χ1n) is 33.2. The van der Waals surface area contributed by atoms with Crippen molar-refractivity contribution in [2.75, 3.05) is 0 Å². The number of para-hydroxylation sites is 1. The van der Waals surface area contributed by atoms with Crippen LogP contribution in [0.1, 0.15) is 54.7 Å². The van der Waals surface area contributed by atoms with E-state index < -0.39 is 68.5 Å². The van der Waals surface area contributed by atoms with Gasteiger partial charge in [-0.1, -0.05) is 303 Å². The predicted octanol–water partition coefficient (Wildman–Crippen LogP) is 18.8. The van der Waals surface area contributed by atoms with Gasteiger partial charge < -0.3 is 4.57 Å². The van der Waals surface area contributed by atoms with Gasteiger partial charge in [-0.25, -0.2) is 0 Å². The summed E-state index contributed by atoms with van der Waals surface area (Å²) in [6.45, 7) is 6.92. The molecular weight excluding hydrogens is 1010 g/mol. The first kappa shape index (κ1) is 40.1. The van der Waals surface area contributed by atoms with E-state index >= 15 is 0 Å². The van der Waals surface area contributed by atoms with Crippen LogP contribution in [-0.2, 0) is 0 Å². The largest absolute Gasteiger partial charge is 0.309 e. The summed E-state index contributed by atoms with van der Waals surface area (Å²) in [5.41, 5.74) is 16.0. The standard InChI is InChI=1S/C81H59NSi/c1-3-27-76(83(63-38-17-8-18-39-63,64-40-23-36-60(52-64)56-28-9-4-10-29-56)65-41-24-37-61(53-65)57-30-11-5-12-31-57)78-55(2)77-69-43-19-20-44-70(69)81(78)80-71(77)47-26-49-75(80)82-73-48-22-21-42-68(73)72-54-62(50-51-74(72)82)79-66(58-32-13-6-14-33-58)45-25-46-67(79)59-34-15-7-16-35-59/h3-54,77,81H,1H2,2H3/b76-27+/i6D,7D,13D,14D,15D,16D,32D,33D,34D,35D. The van der Waals surface area contributed by atoms with Crippen molar-refractivity contribution in [3.8, 4) is 61.3 Å². The molecule has 0 fully saturated rings. The summed E-state index contributed by atoms with van der Waals surface area (Å²) in [5, 5.41) is 6.70. The molecule has 16 rings (SSSR count). The Morgan fingerprint density at radius 3 is 1.53 bits per heavy atom. The van der Waals surface area contributed by atoms with E-state index in [0.29, 0.717) is 11.1 Å². The fourth-order valence-electron chi connectivity index (χ4n) is 14.0. The lowest BCUT2D eigenvalue weighted by molar-refractivity contribution is 0.734. The Kier molecular flexibility index (Phi) is 10.0. The molecule has 2 bridgehead atoms. The van der Waals surface area contributed by atoms with E-state index in [-0.39, 0.29) is 34.1 Å². The first-order chi connectivity index (χ1) is 45.2. The summed E-state index contributed by atoms with van der Waals surface area (Å²) in [6, 6.07) is 81.0. The molecule has 2 atom stereocenters. The summed E-state index contributed by atoms with van der Waals surface area (Å²) < 4.78 is 91.6. The van der Waals surface area contributed by atoms with Gasteiger partial charge in [0.05, 0.1) is 30.4 Å². The molecule has 0 saturated carbocycles. The van der Waals surface area contributed by atoms with Gasteiger partial charge in [0, 0.05) is 22.6 Å². The topological polar surface area (TPSA) is 4.93 Å². The van der Waals surface area contributed by atoms with E-state index in [0.717, 1.165) is 49.7 Å². The molecule has 0 spiro atoms. The van der Waals surface area contributed by atoms with Crippen LogP contribution in [0.3, 0.4) is 0 Å². The van der Waals surface area contributed by atoms with E-state index in [2.05, 4.69) is 224 Å². The maximum Gasteiger partial charge on any atom is 0.179 e. The van der Waals surface area contributed by atoms with E-state index in [1.54, 1.807) is 18.2 Å². The SMILES string of the molecule is [2H]c1c([2H])c([2H])c(-c2cccc(-c3c([2H])c([2H])c([2H])c([2H])c3[2H])c2-c2ccc3c(c2)c2ccccc2n3-c2cccc3c2C2C(/C(=C\C=C)[Si](c4ccccc4)(c4cccc(-c5ccccc5)c4)c4cccc(-c5ccccc5)c4)=C(C)C3c3ccccc32)c([2H])c1[2H]. The number of hydrogen-bond acceptors (Lipinski definition) is 0. The van der Waals surface area contributed by atoms with Crippen LogP contribution in [0.2, 0.25) is 0 Å². The summed E-state index contributed by atoms with van der Waals surface area (Å²) >= 11 is 0. The molecule has 12 aromatic carbocycles. The molecule has 3 aliphatic carbocycles. The highest BCUT2D eigenvalue weighted by Crippen LogP contribution is 2.60. The second-order valence-electron chi connectivity index (χ2n) is 21.5. The van der Waals surface area contributed by atoms with Crippen molar-refractivity contribution in [2.24, 2.45) is 0 Å². The fraction of sp³-hybridized carbons (Fsp3) is 0.0370. The molecule has 1 nitrogen and oxygen atoms in total. The molecule has 2 unspecified atom stereocenters. The van der Waals surface area contributed by atoms with Crippen LogP contribution in [0.5, 0.6) is 0 Å². The Morgan fingerprint density at radius 2 is 0.916 bits per heavy atom. The number of nitrogens with zero attached hydrogens (tertiary/aromatic N) is 1. The zero-order valence-electron chi connectivity index (χ0n) is 55.6. The molecule has 2 heteroatoms. The van der Waals surface area contributed by atoms with Gasteiger partial charge in [-0.3, -0.25) is 0 Å². The average Bonchev–Trinajstić information content (AvgIpc) is 1.14. The van der Waals surface area contributed by atoms with Crippen molar-refractivity contribution in [1.82, 2.24) is 4.57 Å². The number of rotatable bonds is 12. The first-order valence-corrected chi connectivity index (χ1v) is 30.2. The minimum absolute atomic E-state index is 0.0739. The molecule has 392 valence electrons. The van der Waals surface area contributed by atoms with Crippen molar-refractivity contribution >= 4 is 45.4 Å². The molecule has 0 amide bonds. The van der Waals surface area contributed by atoms with Crippen LogP contribution in [0, 0.1) is 0 Å². The van der Waals surface area contributed by atoms with Gasteiger partial charge in [-0.15, -0.1) is 0 Å². The van der Waals surface area contributed by atoms with Crippen LogP contribution >= 0.6 is 0 Å². The monoisotopic (exact) mass is 1080 g/mol. The molecule has 13 aromatic rings. The maximum atomic E-state index is 9.26. The van der Waals surface area contributed by atoms with Crippen LogP contribution in [0.4, 0.5) is 0 Å². The number of allylic oxidation sites excluding steroid dienone is 5. The van der Waals surface area contributed by atoms with E-state index in [1.165, 1.54) is 54.2 Å². The van der Waals surface area contributed by atoms with Crippen LogP contribution in [0.25, 0.3) is 83.1 Å². The molecule has 0 aliphatic heterocycles. The van der Waals surface area contributed by atoms with Gasteiger partial charge in [0.15, 0.2) is 8.07 Å². The van der Waals surface area contributed by atoms with Crippen LogP contribution in [0.15, 0.2) is 338 Å². The summed E-state index contributed by atoms with van der Waals surface area (Å²) in [5.74, 6) is -0.413. The lowest BCUT2D eigenvalue weighted by atomic mass is 9.60. The smallest absolute Gasteiger partial charge is 0.179 e. The predicted molar refractivity (Wildman–Crippen MR) is 353 cm³/mol. The zero-order chi connectivity index (χ0) is 64.1. The van der Waals surface area contributed by atoms with Gasteiger partial charge in [0.2, 0.25) is 0 Å². The highest BCUT2D eigenvalue weighted by atomic mass is 28.3. The molecule has 83 heavy (non-hydrogen) atoms. The molecule has 1 aromatic heterocycles. The number of fused-ring (bicyclic) bond motifs is 3. The van der Waals surface area contributed by atoms with Crippen molar-refractivity contribution in [1.29, 1.82) is 0 Å². The van der Waals surface area contributed by atoms with Crippen molar-refractivity contribution in [2.45, 2.75) is 18.8 Å². The highest BCUT2D eigenvalue weighted by molar-refractivity contribution is 7.16.